The summed E-state index contributed by atoms with van der Waals surface area (Å²) < 4.78 is 5.31. The first-order chi connectivity index (χ1) is 14.8. The number of nitrogens with zero attached hydrogens (tertiary/aromatic N) is 1. The monoisotopic (exact) mass is 576 g/mol. The molecule has 186 valence electrons. The Morgan fingerprint density at radius 3 is 2.12 bits per heavy atom. The second-order valence-electron chi connectivity index (χ2n) is 8.91. The summed E-state index contributed by atoms with van der Waals surface area (Å²) in [6.07, 6.45) is -0.480. The first-order valence-electron chi connectivity index (χ1n) is 10.5. The molecule has 33 heavy (non-hydrogen) atoms. The van der Waals surface area contributed by atoms with Gasteiger partial charge in [-0.1, -0.05) is 12.1 Å². The number of nitrogens with one attached hydrogen (secondary N) is 4. The van der Waals surface area contributed by atoms with E-state index in [-0.39, 0.29) is 36.4 Å². The second kappa shape index (κ2) is 13.9. The average molecular weight is 576 g/mol. The number of carbonyl (C=O) groups excluding carboxylic acids is 3. The summed E-state index contributed by atoms with van der Waals surface area (Å²) in [6, 6.07) is 6.91. The van der Waals surface area contributed by atoms with Gasteiger partial charge in [0.15, 0.2) is 5.96 Å². The van der Waals surface area contributed by atoms with Gasteiger partial charge in [0.25, 0.3) is 5.91 Å². The fraction of sp³-hybridized carbons (Fsp3) is 0.545. The number of hydrogen-bond donors (Lipinski definition) is 5. The summed E-state index contributed by atoms with van der Waals surface area (Å²) in [6.45, 7) is 12.4. The molecule has 10 nitrogen and oxygen atoms in total. The Kier molecular flexibility index (Phi) is 12.8. The van der Waals surface area contributed by atoms with Gasteiger partial charge in [0.1, 0.15) is 5.60 Å². The highest BCUT2D eigenvalue weighted by Gasteiger charge is 2.24. The van der Waals surface area contributed by atoms with Gasteiger partial charge >= 0.3 is 6.09 Å². The van der Waals surface area contributed by atoms with Crippen LogP contribution >= 0.6 is 24.0 Å². The highest BCUT2D eigenvalue weighted by molar-refractivity contribution is 14.0. The maximum atomic E-state index is 12.0. The first kappa shape index (κ1) is 30.4. The first-order valence-corrected chi connectivity index (χ1v) is 10.5. The fourth-order valence-electron chi connectivity index (χ4n) is 2.47. The van der Waals surface area contributed by atoms with Crippen LogP contribution in [0.4, 0.5) is 4.79 Å². The van der Waals surface area contributed by atoms with E-state index in [0.717, 1.165) is 5.56 Å². The van der Waals surface area contributed by atoms with Crippen molar-refractivity contribution in [2.45, 2.75) is 59.2 Å². The number of ether oxygens (including phenoxy) is 1. The van der Waals surface area contributed by atoms with Gasteiger partial charge in [-0.25, -0.2) is 9.79 Å². The Morgan fingerprint density at radius 2 is 1.61 bits per heavy atom. The normalized spacial score (nSPS) is 11.6. The van der Waals surface area contributed by atoms with Gasteiger partial charge in [-0.2, -0.15) is 0 Å². The molecule has 0 unspecified atom stereocenters. The molecule has 0 aliphatic carbocycles. The van der Waals surface area contributed by atoms with Crippen molar-refractivity contribution in [3.63, 3.8) is 0 Å². The van der Waals surface area contributed by atoms with E-state index in [0.29, 0.717) is 31.2 Å². The molecule has 11 heteroatoms. The van der Waals surface area contributed by atoms with Gasteiger partial charge in [-0.3, -0.25) is 9.59 Å². The van der Waals surface area contributed by atoms with E-state index in [1.807, 2.05) is 41.5 Å². The minimum Gasteiger partial charge on any atom is -0.444 e. The second-order valence-corrected chi connectivity index (χ2v) is 8.91. The molecule has 0 saturated heterocycles. The number of hydrogen-bond acceptors (Lipinski definition) is 5. The molecule has 1 aromatic rings. The molecule has 1 rings (SSSR count). The number of rotatable bonds is 9. The molecular formula is C22H37IN6O4. The molecule has 0 saturated carbocycles. The average Bonchev–Trinajstić information content (AvgIpc) is 2.66. The Bertz CT molecular complexity index is 819. The Labute approximate surface area is 212 Å². The summed E-state index contributed by atoms with van der Waals surface area (Å²) in [5, 5.41) is 11.7. The molecule has 0 radical (unpaired) electrons. The molecule has 0 spiro atoms. The van der Waals surface area contributed by atoms with Crippen LogP contribution < -0.4 is 27.0 Å². The van der Waals surface area contributed by atoms with E-state index in [1.54, 1.807) is 24.3 Å². The number of carbonyl (C=O) groups is 3. The molecule has 0 aromatic heterocycles. The van der Waals surface area contributed by atoms with Crippen molar-refractivity contribution in [3.8, 4) is 0 Å². The highest BCUT2D eigenvalue weighted by Crippen LogP contribution is 2.09. The molecule has 0 atom stereocenters. The molecule has 6 N–H and O–H groups in total. The summed E-state index contributed by atoms with van der Waals surface area (Å²) in [5.74, 6) is -0.374. The minimum atomic E-state index is -0.600. The van der Waals surface area contributed by atoms with Gasteiger partial charge in [0, 0.05) is 18.7 Å². The third kappa shape index (κ3) is 13.5. The van der Waals surface area contributed by atoms with Crippen LogP contribution in [-0.4, -0.2) is 54.6 Å². The van der Waals surface area contributed by atoms with Crippen LogP contribution in [-0.2, 0) is 16.1 Å². The third-order valence-corrected chi connectivity index (χ3v) is 3.94. The lowest BCUT2D eigenvalue weighted by Gasteiger charge is -2.29. The van der Waals surface area contributed by atoms with E-state index in [4.69, 9.17) is 10.5 Å². The molecule has 0 bridgehead atoms. The number of amides is 3. The number of benzene rings is 1. The van der Waals surface area contributed by atoms with Gasteiger partial charge in [-0.05, 0) is 59.2 Å². The van der Waals surface area contributed by atoms with Crippen molar-refractivity contribution in [3.05, 3.63) is 35.4 Å². The largest absolute Gasteiger partial charge is 0.444 e. The van der Waals surface area contributed by atoms with Gasteiger partial charge in [-0.15, -0.1) is 24.0 Å². The van der Waals surface area contributed by atoms with E-state index < -0.39 is 23.1 Å². The molecule has 0 aliphatic heterocycles. The van der Waals surface area contributed by atoms with Crippen molar-refractivity contribution in [2.24, 2.45) is 10.7 Å². The maximum absolute atomic E-state index is 12.0. The number of alkyl carbamates (subject to hydrolysis) is 1. The van der Waals surface area contributed by atoms with Gasteiger partial charge in [0.2, 0.25) is 5.91 Å². The molecule has 1 aromatic carbocycles. The smallest absolute Gasteiger partial charge is 0.408 e. The molecule has 0 heterocycles. The van der Waals surface area contributed by atoms with Crippen LogP contribution in [0.15, 0.2) is 29.3 Å². The SMILES string of the molecule is CCNC(=NCc1ccc(C(=O)NCC(N)=O)cc1)NCC(C)(C)NC(=O)OC(C)(C)C.I. The molecule has 0 fully saturated rings. The summed E-state index contributed by atoms with van der Waals surface area (Å²) in [4.78, 5) is 39.3. The van der Waals surface area contributed by atoms with Crippen molar-refractivity contribution in [1.29, 1.82) is 0 Å². The van der Waals surface area contributed by atoms with Crippen LogP contribution in [0, 0.1) is 0 Å². The zero-order valence-electron chi connectivity index (χ0n) is 20.2. The van der Waals surface area contributed by atoms with Crippen LogP contribution in [0.3, 0.4) is 0 Å². The molecule has 0 aliphatic rings. The van der Waals surface area contributed by atoms with Crippen molar-refractivity contribution in [1.82, 2.24) is 21.3 Å². The lowest BCUT2D eigenvalue weighted by atomic mass is 10.1. The predicted octanol–water partition coefficient (Wildman–Crippen LogP) is 1.88. The van der Waals surface area contributed by atoms with Crippen LogP contribution in [0.5, 0.6) is 0 Å². The van der Waals surface area contributed by atoms with Gasteiger partial charge < -0.3 is 31.7 Å². The number of guanidine groups is 1. The van der Waals surface area contributed by atoms with Crippen molar-refractivity contribution >= 4 is 47.8 Å². The van der Waals surface area contributed by atoms with Gasteiger partial charge in [0.05, 0.1) is 18.6 Å². The quantitative estimate of drug-likeness (QED) is 0.172. The van der Waals surface area contributed by atoms with E-state index >= 15 is 0 Å². The highest BCUT2D eigenvalue weighted by atomic mass is 127. The number of nitrogens with two attached hydrogens (primary N) is 1. The fourth-order valence-corrected chi connectivity index (χ4v) is 2.47. The Hall–Kier alpha value is -2.57. The number of primary amides is 1. The molecular weight excluding hydrogens is 539 g/mol. The predicted molar refractivity (Wildman–Crippen MR) is 140 cm³/mol. The van der Waals surface area contributed by atoms with Crippen LogP contribution in [0.2, 0.25) is 0 Å². The van der Waals surface area contributed by atoms with E-state index in [9.17, 15) is 14.4 Å². The zero-order chi connectivity index (χ0) is 24.4. The Morgan fingerprint density at radius 1 is 1.00 bits per heavy atom. The lowest BCUT2D eigenvalue weighted by molar-refractivity contribution is -0.117. The van der Waals surface area contributed by atoms with Crippen molar-refractivity contribution < 1.29 is 19.1 Å². The lowest BCUT2D eigenvalue weighted by Crippen LogP contribution is -2.54. The van der Waals surface area contributed by atoms with Crippen LogP contribution in [0.1, 0.15) is 57.5 Å². The standard InChI is InChI=1S/C22H36N6O4.HI/c1-7-24-19(27-14-22(5,6)28-20(31)32-21(2,3)4)26-12-15-8-10-16(11-9-15)18(30)25-13-17(23)29;/h8-11H,7,12-14H2,1-6H3,(H2,23,29)(H,25,30)(H,28,31)(H2,24,26,27);1H. The minimum absolute atomic E-state index is 0. The topological polar surface area (TPSA) is 147 Å². The number of halogens is 1. The Balaban J connectivity index is 0.0000102. The van der Waals surface area contributed by atoms with E-state index in [1.165, 1.54) is 0 Å². The summed E-state index contributed by atoms with van der Waals surface area (Å²) in [7, 11) is 0. The van der Waals surface area contributed by atoms with Crippen LogP contribution in [0.25, 0.3) is 0 Å². The third-order valence-electron chi connectivity index (χ3n) is 3.94. The van der Waals surface area contributed by atoms with E-state index in [2.05, 4.69) is 26.3 Å². The zero-order valence-corrected chi connectivity index (χ0v) is 22.5. The summed E-state index contributed by atoms with van der Waals surface area (Å²) >= 11 is 0. The maximum Gasteiger partial charge on any atom is 0.408 e. The van der Waals surface area contributed by atoms with Crippen molar-refractivity contribution in [2.75, 3.05) is 19.6 Å². The summed E-state index contributed by atoms with van der Waals surface area (Å²) in [5.41, 5.74) is 5.22. The number of aliphatic imine (C=N–C) groups is 1. The molecule has 3 amide bonds.